The lowest BCUT2D eigenvalue weighted by molar-refractivity contribution is -0.112. The van der Waals surface area contributed by atoms with E-state index in [4.69, 9.17) is 10.1 Å². The van der Waals surface area contributed by atoms with Gasteiger partial charge in [0.1, 0.15) is 23.5 Å². The predicted octanol–water partition coefficient (Wildman–Crippen LogP) is 3.60. The highest BCUT2D eigenvalue weighted by molar-refractivity contribution is 6.04. The van der Waals surface area contributed by atoms with Crippen LogP contribution < -0.4 is 5.32 Å². The average Bonchev–Trinajstić information content (AvgIpc) is 2.59. The summed E-state index contributed by atoms with van der Waals surface area (Å²) in [6.07, 6.45) is 4.04. The van der Waals surface area contributed by atoms with Crippen molar-refractivity contribution in [3.63, 3.8) is 0 Å². The Morgan fingerprint density at radius 3 is 2.70 bits per heavy atom. The zero-order chi connectivity index (χ0) is 20.0. The third kappa shape index (κ3) is 6.14. The summed E-state index contributed by atoms with van der Waals surface area (Å²) in [7, 11) is 0. The van der Waals surface area contributed by atoms with Crippen LogP contribution in [0.15, 0.2) is 18.2 Å². The molecule has 0 aliphatic heterocycles. The standard InChI is InChI=1S/C21H26N2O4/c1-21(2,3)27-20(26)23-19(22)16-10-11-18(25)15(12-16)9-8-14-6-4-5-7-17(14)13-24/h10-14,17,25H,4-7H2,1-3H3,(H2,22,23,26). The molecule has 144 valence electrons. The summed E-state index contributed by atoms with van der Waals surface area (Å²) in [5.74, 6) is 5.80. The molecule has 2 atom stereocenters. The maximum atomic E-state index is 11.8. The van der Waals surface area contributed by atoms with Crippen molar-refractivity contribution >= 4 is 18.2 Å². The Labute approximate surface area is 159 Å². The first-order valence-corrected chi connectivity index (χ1v) is 9.08. The number of amidine groups is 1. The van der Waals surface area contributed by atoms with Crippen LogP contribution in [0.5, 0.6) is 5.75 Å². The van der Waals surface area contributed by atoms with Gasteiger partial charge >= 0.3 is 6.09 Å². The molecule has 1 amide bonds. The second-order valence-corrected chi connectivity index (χ2v) is 7.69. The first kappa shape index (κ1) is 20.5. The lowest BCUT2D eigenvalue weighted by atomic mass is 9.80. The molecule has 1 fully saturated rings. The van der Waals surface area contributed by atoms with E-state index < -0.39 is 11.7 Å². The van der Waals surface area contributed by atoms with E-state index in [9.17, 15) is 14.7 Å². The van der Waals surface area contributed by atoms with Gasteiger partial charge in [-0.15, -0.1) is 0 Å². The van der Waals surface area contributed by atoms with Crippen LogP contribution in [0.2, 0.25) is 0 Å². The number of nitrogens with one attached hydrogen (secondary N) is 2. The van der Waals surface area contributed by atoms with Crippen molar-refractivity contribution < 1.29 is 19.4 Å². The molecule has 1 aliphatic rings. The number of carbonyl (C=O) groups is 2. The van der Waals surface area contributed by atoms with Gasteiger partial charge < -0.3 is 14.6 Å². The first-order chi connectivity index (χ1) is 12.7. The molecule has 0 bridgehead atoms. The van der Waals surface area contributed by atoms with Gasteiger partial charge in [-0.05, 0) is 51.8 Å². The van der Waals surface area contributed by atoms with Crippen molar-refractivity contribution in [3.05, 3.63) is 29.3 Å². The maximum absolute atomic E-state index is 11.8. The van der Waals surface area contributed by atoms with Gasteiger partial charge in [-0.3, -0.25) is 10.7 Å². The van der Waals surface area contributed by atoms with E-state index in [1.54, 1.807) is 26.8 Å². The molecule has 1 aromatic rings. The molecule has 1 aliphatic carbocycles. The summed E-state index contributed by atoms with van der Waals surface area (Å²) < 4.78 is 5.13. The van der Waals surface area contributed by atoms with Gasteiger partial charge in [-0.2, -0.15) is 0 Å². The Balaban J connectivity index is 2.14. The number of aldehydes is 1. The summed E-state index contributed by atoms with van der Waals surface area (Å²) in [5.41, 5.74) is 0.0995. The molecule has 27 heavy (non-hydrogen) atoms. The molecule has 1 saturated carbocycles. The van der Waals surface area contributed by atoms with Gasteiger partial charge in [0.2, 0.25) is 0 Å². The van der Waals surface area contributed by atoms with Crippen LogP contribution in [0.25, 0.3) is 0 Å². The van der Waals surface area contributed by atoms with Crippen molar-refractivity contribution in [2.45, 2.75) is 52.1 Å². The minimum absolute atomic E-state index is 0.00483. The number of amides is 1. The van der Waals surface area contributed by atoms with Gasteiger partial charge in [-0.1, -0.05) is 24.7 Å². The molecular formula is C21H26N2O4. The molecule has 3 N–H and O–H groups in total. The maximum Gasteiger partial charge on any atom is 0.413 e. The summed E-state index contributed by atoms with van der Waals surface area (Å²) in [4.78, 5) is 23.0. The van der Waals surface area contributed by atoms with E-state index in [0.717, 1.165) is 32.0 Å². The zero-order valence-corrected chi connectivity index (χ0v) is 16.0. The fraction of sp³-hybridized carbons (Fsp3) is 0.476. The molecule has 1 aromatic carbocycles. The Morgan fingerprint density at radius 1 is 1.33 bits per heavy atom. The first-order valence-electron chi connectivity index (χ1n) is 9.08. The van der Waals surface area contributed by atoms with E-state index in [2.05, 4.69) is 17.2 Å². The number of carbonyl (C=O) groups excluding carboxylic acids is 2. The van der Waals surface area contributed by atoms with Crippen molar-refractivity contribution in [2.24, 2.45) is 11.8 Å². The number of phenols is 1. The highest BCUT2D eigenvalue weighted by atomic mass is 16.6. The molecule has 6 nitrogen and oxygen atoms in total. The Kier molecular flexibility index (Phi) is 6.62. The normalized spacial score (nSPS) is 19.4. The zero-order valence-electron chi connectivity index (χ0n) is 16.0. The number of rotatable bonds is 2. The summed E-state index contributed by atoms with van der Waals surface area (Å²) in [6, 6.07) is 4.50. The van der Waals surface area contributed by atoms with E-state index in [1.165, 1.54) is 12.1 Å². The lowest BCUT2D eigenvalue weighted by Crippen LogP contribution is -2.36. The number of benzene rings is 1. The average molecular weight is 370 g/mol. The molecular weight excluding hydrogens is 344 g/mol. The van der Waals surface area contributed by atoms with Crippen molar-refractivity contribution in [3.8, 4) is 17.6 Å². The van der Waals surface area contributed by atoms with Crippen LogP contribution in [0.4, 0.5) is 4.79 Å². The molecule has 0 aromatic heterocycles. The van der Waals surface area contributed by atoms with Gasteiger partial charge in [0.05, 0.1) is 5.56 Å². The minimum atomic E-state index is -0.718. The third-order valence-electron chi connectivity index (χ3n) is 4.30. The smallest absolute Gasteiger partial charge is 0.413 e. The third-order valence-corrected chi connectivity index (χ3v) is 4.30. The van der Waals surface area contributed by atoms with Gasteiger partial charge in [0.15, 0.2) is 0 Å². The van der Waals surface area contributed by atoms with Crippen LogP contribution in [0, 0.1) is 29.1 Å². The lowest BCUT2D eigenvalue weighted by Gasteiger charge is -2.22. The highest BCUT2D eigenvalue weighted by Gasteiger charge is 2.23. The fourth-order valence-electron chi connectivity index (χ4n) is 2.94. The van der Waals surface area contributed by atoms with Gasteiger partial charge in [-0.25, -0.2) is 4.79 Å². The van der Waals surface area contributed by atoms with Gasteiger partial charge in [0.25, 0.3) is 0 Å². The molecule has 2 unspecified atom stereocenters. The van der Waals surface area contributed by atoms with E-state index in [1.807, 2.05) is 0 Å². The SMILES string of the molecule is CC(C)(C)OC(=O)NC(=N)c1ccc(O)c(C#CC2CCCCC2C=O)c1. The molecule has 0 spiro atoms. The van der Waals surface area contributed by atoms with Crippen LogP contribution >= 0.6 is 0 Å². The van der Waals surface area contributed by atoms with Crippen molar-refractivity contribution in [2.75, 3.05) is 0 Å². The topological polar surface area (TPSA) is 99.5 Å². The summed E-state index contributed by atoms with van der Waals surface area (Å²) in [5, 5.41) is 20.5. The van der Waals surface area contributed by atoms with Crippen LogP contribution in [0.1, 0.15) is 57.6 Å². The van der Waals surface area contributed by atoms with Crippen LogP contribution in [-0.2, 0) is 9.53 Å². The number of hydrogen-bond acceptors (Lipinski definition) is 5. The Bertz CT molecular complexity index is 784. The van der Waals surface area contributed by atoms with E-state index in [0.29, 0.717) is 11.1 Å². The van der Waals surface area contributed by atoms with Crippen LogP contribution in [0.3, 0.4) is 0 Å². The second-order valence-electron chi connectivity index (χ2n) is 7.69. The number of alkyl carbamates (subject to hydrolysis) is 1. The van der Waals surface area contributed by atoms with Gasteiger partial charge in [0, 0.05) is 17.4 Å². The van der Waals surface area contributed by atoms with Crippen molar-refractivity contribution in [1.82, 2.24) is 5.32 Å². The molecule has 2 rings (SSSR count). The highest BCUT2D eigenvalue weighted by Crippen LogP contribution is 2.28. The monoisotopic (exact) mass is 370 g/mol. The second kappa shape index (κ2) is 8.72. The fourth-order valence-corrected chi connectivity index (χ4v) is 2.94. The van der Waals surface area contributed by atoms with E-state index >= 15 is 0 Å². The number of hydrogen-bond donors (Lipinski definition) is 3. The number of aromatic hydroxyl groups is 1. The van der Waals surface area contributed by atoms with Crippen LogP contribution in [-0.4, -0.2) is 28.9 Å². The predicted molar refractivity (Wildman–Crippen MR) is 103 cm³/mol. The molecule has 0 heterocycles. The summed E-state index contributed by atoms with van der Waals surface area (Å²) >= 11 is 0. The Hall–Kier alpha value is -2.81. The largest absolute Gasteiger partial charge is 0.507 e. The quantitative estimate of drug-likeness (QED) is 0.320. The molecule has 6 heteroatoms. The van der Waals surface area contributed by atoms with Crippen molar-refractivity contribution in [1.29, 1.82) is 5.41 Å². The molecule has 0 radical (unpaired) electrons. The number of ether oxygens (including phenoxy) is 1. The minimum Gasteiger partial charge on any atom is -0.507 e. The number of phenolic OH excluding ortho intramolecular Hbond substituents is 1. The van der Waals surface area contributed by atoms with E-state index in [-0.39, 0.29) is 23.4 Å². The summed E-state index contributed by atoms with van der Waals surface area (Å²) in [6.45, 7) is 5.22. The Morgan fingerprint density at radius 2 is 2.04 bits per heavy atom. The molecule has 0 saturated heterocycles.